The highest BCUT2D eigenvalue weighted by Crippen LogP contribution is 2.22. The molecule has 0 bridgehead atoms. The van der Waals surface area contributed by atoms with Crippen LogP contribution >= 0.6 is 0 Å². The third-order valence-electron chi connectivity index (χ3n) is 3.41. The van der Waals surface area contributed by atoms with Crippen molar-refractivity contribution in [2.75, 3.05) is 7.11 Å². The number of nitrogens with zero attached hydrogens (tertiary/aromatic N) is 1. The van der Waals surface area contributed by atoms with Crippen LogP contribution in [0.5, 0.6) is 11.5 Å². The van der Waals surface area contributed by atoms with Gasteiger partial charge in [0.2, 0.25) is 0 Å². The van der Waals surface area contributed by atoms with Gasteiger partial charge in [0.15, 0.2) is 0 Å². The second kappa shape index (κ2) is 5.32. The molecule has 4 heteroatoms. The lowest BCUT2D eigenvalue weighted by atomic mass is 10.2. The molecule has 3 rings (SSSR count). The van der Waals surface area contributed by atoms with Gasteiger partial charge in [-0.25, -0.2) is 4.79 Å². The molecule has 3 aromatic rings. The second-order valence-electron chi connectivity index (χ2n) is 4.72. The Kier molecular flexibility index (Phi) is 3.36. The first-order valence-electron chi connectivity index (χ1n) is 6.60. The zero-order valence-corrected chi connectivity index (χ0v) is 11.9. The highest BCUT2D eigenvalue weighted by Gasteiger charge is 2.15. The lowest BCUT2D eigenvalue weighted by Gasteiger charge is -2.07. The molecule has 2 aromatic carbocycles. The maximum absolute atomic E-state index is 12.3. The molecule has 0 aliphatic rings. The summed E-state index contributed by atoms with van der Waals surface area (Å²) in [5.41, 5.74) is 1.51. The summed E-state index contributed by atoms with van der Waals surface area (Å²) in [7, 11) is 3.43. The molecular weight excluding hydrogens is 266 g/mol. The fourth-order valence-electron chi connectivity index (χ4n) is 2.31. The molecule has 0 aliphatic heterocycles. The van der Waals surface area contributed by atoms with Crippen molar-refractivity contribution in [2.45, 2.75) is 0 Å². The maximum atomic E-state index is 12.3. The molecule has 0 unspecified atom stereocenters. The summed E-state index contributed by atoms with van der Waals surface area (Å²) in [6.45, 7) is 0. The van der Waals surface area contributed by atoms with E-state index in [-0.39, 0.29) is 5.97 Å². The standard InChI is InChI=1S/C17H15NO3/c1-18-15-9-4-3-6-12(15)10-16(18)17(19)21-14-8-5-7-13(11-14)20-2/h3-11H,1-2H3. The van der Waals surface area contributed by atoms with E-state index in [1.165, 1.54) is 0 Å². The van der Waals surface area contributed by atoms with Crippen LogP contribution in [0.25, 0.3) is 10.9 Å². The molecule has 0 atom stereocenters. The highest BCUT2D eigenvalue weighted by atomic mass is 16.5. The van der Waals surface area contributed by atoms with Crippen LogP contribution in [0, 0.1) is 0 Å². The molecule has 106 valence electrons. The monoisotopic (exact) mass is 281 g/mol. The molecule has 21 heavy (non-hydrogen) atoms. The molecule has 0 fully saturated rings. The van der Waals surface area contributed by atoms with Crippen molar-refractivity contribution >= 4 is 16.9 Å². The Bertz CT molecular complexity index is 805. The van der Waals surface area contributed by atoms with Gasteiger partial charge in [0, 0.05) is 24.0 Å². The molecule has 0 aliphatic carbocycles. The number of methoxy groups -OCH3 is 1. The van der Waals surface area contributed by atoms with E-state index in [1.807, 2.05) is 41.9 Å². The summed E-state index contributed by atoms with van der Waals surface area (Å²) in [6.07, 6.45) is 0. The zero-order valence-electron chi connectivity index (χ0n) is 11.9. The van der Waals surface area contributed by atoms with E-state index >= 15 is 0 Å². The largest absolute Gasteiger partial charge is 0.497 e. The van der Waals surface area contributed by atoms with Gasteiger partial charge < -0.3 is 14.0 Å². The van der Waals surface area contributed by atoms with E-state index < -0.39 is 0 Å². The minimum atomic E-state index is -0.387. The van der Waals surface area contributed by atoms with Crippen LogP contribution in [-0.2, 0) is 7.05 Å². The molecule has 0 spiro atoms. The highest BCUT2D eigenvalue weighted by molar-refractivity contribution is 5.96. The average Bonchev–Trinajstić information content (AvgIpc) is 2.85. The van der Waals surface area contributed by atoms with Crippen LogP contribution in [0.2, 0.25) is 0 Å². The summed E-state index contributed by atoms with van der Waals surface area (Å²) in [4.78, 5) is 12.3. The van der Waals surface area contributed by atoms with E-state index in [9.17, 15) is 4.79 Å². The lowest BCUT2D eigenvalue weighted by Crippen LogP contribution is -2.12. The molecule has 4 nitrogen and oxygen atoms in total. The smallest absolute Gasteiger partial charge is 0.360 e. The summed E-state index contributed by atoms with van der Waals surface area (Å²) in [5, 5.41) is 1.01. The predicted molar refractivity (Wildman–Crippen MR) is 80.9 cm³/mol. The Morgan fingerprint density at radius 2 is 1.76 bits per heavy atom. The summed E-state index contributed by atoms with van der Waals surface area (Å²) in [6, 6.07) is 16.6. The number of carbonyl (C=O) groups is 1. The number of ether oxygens (including phenoxy) is 2. The number of benzene rings is 2. The van der Waals surface area contributed by atoms with Gasteiger partial charge >= 0.3 is 5.97 Å². The molecule has 0 N–H and O–H groups in total. The first-order chi connectivity index (χ1) is 10.2. The number of esters is 1. The van der Waals surface area contributed by atoms with Crippen molar-refractivity contribution in [3.05, 3.63) is 60.3 Å². The van der Waals surface area contributed by atoms with Crippen molar-refractivity contribution in [3.63, 3.8) is 0 Å². The van der Waals surface area contributed by atoms with Crippen LogP contribution in [0.3, 0.4) is 0 Å². The topological polar surface area (TPSA) is 40.5 Å². The minimum Gasteiger partial charge on any atom is -0.497 e. The van der Waals surface area contributed by atoms with Gasteiger partial charge in [-0.15, -0.1) is 0 Å². The molecule has 0 amide bonds. The van der Waals surface area contributed by atoms with Gasteiger partial charge in [0.1, 0.15) is 17.2 Å². The molecule has 0 saturated carbocycles. The van der Waals surface area contributed by atoms with E-state index in [0.29, 0.717) is 17.2 Å². The number of para-hydroxylation sites is 1. The van der Waals surface area contributed by atoms with Crippen LogP contribution < -0.4 is 9.47 Å². The predicted octanol–water partition coefficient (Wildman–Crippen LogP) is 3.41. The van der Waals surface area contributed by atoms with E-state index in [4.69, 9.17) is 9.47 Å². The van der Waals surface area contributed by atoms with Crippen molar-refractivity contribution in [2.24, 2.45) is 7.05 Å². The van der Waals surface area contributed by atoms with E-state index in [1.54, 1.807) is 31.4 Å². The van der Waals surface area contributed by atoms with Crippen LogP contribution in [0.1, 0.15) is 10.5 Å². The lowest BCUT2D eigenvalue weighted by molar-refractivity contribution is 0.0725. The maximum Gasteiger partial charge on any atom is 0.360 e. The SMILES string of the molecule is COc1cccc(OC(=O)c2cc3ccccc3n2C)c1. The number of fused-ring (bicyclic) bond motifs is 1. The molecule has 0 saturated heterocycles. The number of hydrogen-bond donors (Lipinski definition) is 0. The van der Waals surface area contributed by atoms with Gasteiger partial charge in [-0.2, -0.15) is 0 Å². The Morgan fingerprint density at radius 3 is 2.52 bits per heavy atom. The Labute approximate surface area is 122 Å². The summed E-state index contributed by atoms with van der Waals surface area (Å²) < 4.78 is 12.4. The van der Waals surface area contributed by atoms with Gasteiger partial charge in [-0.3, -0.25) is 0 Å². The molecular formula is C17H15NO3. The number of hydrogen-bond acceptors (Lipinski definition) is 3. The number of carbonyl (C=O) groups excluding carboxylic acids is 1. The van der Waals surface area contributed by atoms with Gasteiger partial charge in [-0.05, 0) is 24.3 Å². The normalized spacial score (nSPS) is 10.6. The van der Waals surface area contributed by atoms with Crippen LogP contribution in [0.15, 0.2) is 54.6 Å². The number of aromatic nitrogens is 1. The first kappa shape index (κ1) is 13.2. The zero-order chi connectivity index (χ0) is 14.8. The van der Waals surface area contributed by atoms with Crippen LogP contribution in [-0.4, -0.2) is 17.6 Å². The van der Waals surface area contributed by atoms with E-state index in [0.717, 1.165) is 10.9 Å². The summed E-state index contributed by atoms with van der Waals surface area (Å²) >= 11 is 0. The molecule has 1 heterocycles. The van der Waals surface area contributed by atoms with E-state index in [2.05, 4.69) is 0 Å². The van der Waals surface area contributed by atoms with Crippen molar-refractivity contribution in [1.29, 1.82) is 0 Å². The van der Waals surface area contributed by atoms with Crippen molar-refractivity contribution in [3.8, 4) is 11.5 Å². The molecule has 0 radical (unpaired) electrons. The quantitative estimate of drug-likeness (QED) is 0.545. The third kappa shape index (κ3) is 2.48. The fourth-order valence-corrected chi connectivity index (χ4v) is 2.31. The third-order valence-corrected chi connectivity index (χ3v) is 3.41. The van der Waals surface area contributed by atoms with Crippen LogP contribution in [0.4, 0.5) is 0 Å². The van der Waals surface area contributed by atoms with Gasteiger partial charge in [-0.1, -0.05) is 24.3 Å². The fraction of sp³-hybridized carbons (Fsp3) is 0.118. The second-order valence-corrected chi connectivity index (χ2v) is 4.72. The van der Waals surface area contributed by atoms with Crippen molar-refractivity contribution < 1.29 is 14.3 Å². The van der Waals surface area contributed by atoms with Gasteiger partial charge in [0.25, 0.3) is 0 Å². The average molecular weight is 281 g/mol. The molecule has 1 aromatic heterocycles. The number of rotatable bonds is 3. The Balaban J connectivity index is 1.91. The first-order valence-corrected chi connectivity index (χ1v) is 6.60. The number of aryl methyl sites for hydroxylation is 1. The summed E-state index contributed by atoms with van der Waals surface area (Å²) in [5.74, 6) is 0.726. The Hall–Kier alpha value is -2.75. The van der Waals surface area contributed by atoms with Gasteiger partial charge in [0.05, 0.1) is 7.11 Å². The minimum absolute atomic E-state index is 0.387. The van der Waals surface area contributed by atoms with Crippen molar-refractivity contribution in [1.82, 2.24) is 4.57 Å². The Morgan fingerprint density at radius 1 is 1.00 bits per heavy atom.